The van der Waals surface area contributed by atoms with Crippen LogP contribution in [0, 0.1) is 17.0 Å². The van der Waals surface area contributed by atoms with Gasteiger partial charge in [-0.05, 0) is 37.7 Å². The largest absolute Gasteiger partial charge is 0.491 e. The molecule has 0 aliphatic rings. The Kier molecular flexibility index (Phi) is 5.94. The van der Waals surface area contributed by atoms with Crippen LogP contribution in [0.4, 0.5) is 11.4 Å². The fourth-order valence-electron chi connectivity index (χ4n) is 2.16. The summed E-state index contributed by atoms with van der Waals surface area (Å²) in [6.07, 6.45) is 0. The van der Waals surface area contributed by atoms with E-state index in [1.165, 1.54) is 19.2 Å². The van der Waals surface area contributed by atoms with Gasteiger partial charge in [0.05, 0.1) is 9.82 Å². The normalized spacial score (nSPS) is 11.1. The van der Waals surface area contributed by atoms with Crippen molar-refractivity contribution in [3.05, 3.63) is 58.1 Å². The number of sulfonamides is 1. The molecule has 2 aromatic rings. The quantitative estimate of drug-likeness (QED) is 0.422. The van der Waals surface area contributed by atoms with Gasteiger partial charge in [0.2, 0.25) is 10.0 Å². The molecule has 0 spiro atoms. The summed E-state index contributed by atoms with van der Waals surface area (Å²) in [5.41, 5.74) is 0.913. The average molecular weight is 365 g/mol. The minimum atomic E-state index is -3.74. The predicted molar refractivity (Wildman–Crippen MR) is 94.5 cm³/mol. The maximum Gasteiger partial charge on any atom is 0.293 e. The monoisotopic (exact) mass is 365 g/mol. The standard InChI is InChI=1S/C16H19N3O5S/c1-12-5-3-4-6-16(12)24-10-9-18-14-8-7-13(25(22,23)17-2)11-15(14)19(20)21/h3-8,11,17-18H,9-10H2,1-2H3. The zero-order chi connectivity index (χ0) is 18.4. The van der Waals surface area contributed by atoms with Gasteiger partial charge in [-0.1, -0.05) is 18.2 Å². The number of hydrogen-bond donors (Lipinski definition) is 2. The van der Waals surface area contributed by atoms with E-state index in [0.29, 0.717) is 13.2 Å². The van der Waals surface area contributed by atoms with Gasteiger partial charge in [0, 0.05) is 12.6 Å². The molecule has 0 saturated carbocycles. The number of nitro benzene ring substituents is 1. The lowest BCUT2D eigenvalue weighted by molar-refractivity contribution is -0.384. The van der Waals surface area contributed by atoms with E-state index in [2.05, 4.69) is 10.0 Å². The highest BCUT2D eigenvalue weighted by atomic mass is 32.2. The molecule has 0 fully saturated rings. The summed E-state index contributed by atoms with van der Waals surface area (Å²) in [5.74, 6) is 0.745. The van der Waals surface area contributed by atoms with Gasteiger partial charge < -0.3 is 10.1 Å². The van der Waals surface area contributed by atoms with Crippen LogP contribution in [0.15, 0.2) is 47.4 Å². The Labute approximate surface area is 146 Å². The van der Waals surface area contributed by atoms with Crippen molar-refractivity contribution in [1.82, 2.24) is 4.72 Å². The number of aryl methyl sites for hydroxylation is 1. The number of nitrogens with one attached hydrogen (secondary N) is 2. The molecule has 2 rings (SSSR count). The van der Waals surface area contributed by atoms with Crippen molar-refractivity contribution in [2.75, 3.05) is 25.5 Å². The highest BCUT2D eigenvalue weighted by molar-refractivity contribution is 7.89. The third-order valence-corrected chi connectivity index (χ3v) is 4.93. The number of nitrogens with zero attached hydrogens (tertiary/aromatic N) is 1. The van der Waals surface area contributed by atoms with Gasteiger partial charge in [0.15, 0.2) is 0 Å². The van der Waals surface area contributed by atoms with Crippen molar-refractivity contribution in [3.63, 3.8) is 0 Å². The van der Waals surface area contributed by atoms with E-state index in [1.807, 2.05) is 31.2 Å². The van der Waals surface area contributed by atoms with E-state index in [9.17, 15) is 18.5 Å². The Morgan fingerprint density at radius 1 is 1.20 bits per heavy atom. The van der Waals surface area contributed by atoms with Crippen LogP contribution in [0.3, 0.4) is 0 Å². The molecule has 2 N–H and O–H groups in total. The lowest BCUT2D eigenvalue weighted by atomic mass is 10.2. The van der Waals surface area contributed by atoms with E-state index in [-0.39, 0.29) is 16.3 Å². The van der Waals surface area contributed by atoms with Crippen LogP contribution in [-0.4, -0.2) is 33.5 Å². The summed E-state index contributed by atoms with van der Waals surface area (Å²) < 4.78 is 31.3. The second kappa shape index (κ2) is 7.95. The van der Waals surface area contributed by atoms with Crippen LogP contribution in [-0.2, 0) is 10.0 Å². The van der Waals surface area contributed by atoms with Gasteiger partial charge in [-0.3, -0.25) is 10.1 Å². The number of benzene rings is 2. The summed E-state index contributed by atoms with van der Waals surface area (Å²) in [5, 5.41) is 14.1. The first-order valence-electron chi connectivity index (χ1n) is 7.49. The number of ether oxygens (including phenoxy) is 1. The molecule has 0 saturated heterocycles. The van der Waals surface area contributed by atoms with Crippen LogP contribution >= 0.6 is 0 Å². The maximum atomic E-state index is 11.8. The fraction of sp³-hybridized carbons (Fsp3) is 0.250. The molecular formula is C16H19N3O5S. The molecular weight excluding hydrogens is 346 g/mol. The Bertz CT molecular complexity index is 868. The summed E-state index contributed by atoms with van der Waals surface area (Å²) in [6, 6.07) is 11.2. The van der Waals surface area contributed by atoms with Crippen LogP contribution in [0.2, 0.25) is 0 Å². The van der Waals surface area contributed by atoms with Gasteiger partial charge in [-0.2, -0.15) is 0 Å². The minimum Gasteiger partial charge on any atom is -0.491 e. The lowest BCUT2D eigenvalue weighted by Gasteiger charge is -2.11. The summed E-state index contributed by atoms with van der Waals surface area (Å²) in [6.45, 7) is 2.56. The number of hydrogen-bond acceptors (Lipinski definition) is 6. The fourth-order valence-corrected chi connectivity index (χ4v) is 2.91. The zero-order valence-electron chi connectivity index (χ0n) is 13.9. The first kappa shape index (κ1) is 18.7. The van der Waals surface area contributed by atoms with Crippen molar-refractivity contribution >= 4 is 21.4 Å². The first-order valence-corrected chi connectivity index (χ1v) is 8.98. The first-order chi connectivity index (χ1) is 11.8. The second-order valence-electron chi connectivity index (χ2n) is 5.18. The van der Waals surface area contributed by atoms with Gasteiger partial charge in [0.25, 0.3) is 5.69 Å². The van der Waals surface area contributed by atoms with Gasteiger partial charge in [-0.15, -0.1) is 0 Å². The van der Waals surface area contributed by atoms with Crippen molar-refractivity contribution in [2.24, 2.45) is 0 Å². The third kappa shape index (κ3) is 4.68. The van der Waals surface area contributed by atoms with Crippen molar-refractivity contribution < 1.29 is 18.1 Å². The van der Waals surface area contributed by atoms with E-state index < -0.39 is 14.9 Å². The molecule has 2 aromatic carbocycles. The molecule has 0 heterocycles. The van der Waals surface area contributed by atoms with Crippen molar-refractivity contribution in [3.8, 4) is 5.75 Å². The molecule has 0 amide bonds. The smallest absolute Gasteiger partial charge is 0.293 e. The molecule has 0 aliphatic heterocycles. The molecule has 9 heteroatoms. The van der Waals surface area contributed by atoms with E-state index in [0.717, 1.165) is 17.4 Å². The van der Waals surface area contributed by atoms with Gasteiger partial charge in [0.1, 0.15) is 18.0 Å². The van der Waals surface area contributed by atoms with Crippen molar-refractivity contribution in [2.45, 2.75) is 11.8 Å². The highest BCUT2D eigenvalue weighted by Gasteiger charge is 2.20. The molecule has 0 unspecified atom stereocenters. The van der Waals surface area contributed by atoms with Crippen molar-refractivity contribution in [1.29, 1.82) is 0 Å². The maximum absolute atomic E-state index is 11.8. The second-order valence-corrected chi connectivity index (χ2v) is 7.07. The summed E-state index contributed by atoms with van der Waals surface area (Å²) in [4.78, 5) is 10.4. The SMILES string of the molecule is CNS(=O)(=O)c1ccc(NCCOc2ccccc2C)c([N+](=O)[O-])c1. The number of nitro groups is 1. The summed E-state index contributed by atoms with van der Waals surface area (Å²) in [7, 11) is -2.50. The lowest BCUT2D eigenvalue weighted by Crippen LogP contribution is -2.19. The third-order valence-electron chi connectivity index (χ3n) is 3.51. The molecule has 0 aromatic heterocycles. The summed E-state index contributed by atoms with van der Waals surface area (Å²) >= 11 is 0. The molecule has 8 nitrogen and oxygen atoms in total. The van der Waals surface area contributed by atoms with Crippen LogP contribution in [0.25, 0.3) is 0 Å². The van der Waals surface area contributed by atoms with E-state index >= 15 is 0 Å². The van der Waals surface area contributed by atoms with Crippen LogP contribution < -0.4 is 14.8 Å². The Balaban J connectivity index is 2.06. The Hall–Kier alpha value is -2.65. The Morgan fingerprint density at radius 2 is 1.92 bits per heavy atom. The highest BCUT2D eigenvalue weighted by Crippen LogP contribution is 2.27. The molecule has 0 bridgehead atoms. The Morgan fingerprint density at radius 3 is 2.56 bits per heavy atom. The molecule has 134 valence electrons. The number of rotatable bonds is 8. The van der Waals surface area contributed by atoms with E-state index in [4.69, 9.17) is 4.74 Å². The molecule has 0 radical (unpaired) electrons. The molecule has 0 atom stereocenters. The molecule has 0 aliphatic carbocycles. The zero-order valence-corrected chi connectivity index (χ0v) is 14.7. The molecule has 25 heavy (non-hydrogen) atoms. The predicted octanol–water partition coefficient (Wildman–Crippen LogP) is 2.30. The van der Waals surface area contributed by atoms with Gasteiger partial charge in [-0.25, -0.2) is 13.1 Å². The van der Waals surface area contributed by atoms with Gasteiger partial charge >= 0.3 is 0 Å². The number of anilines is 1. The van der Waals surface area contributed by atoms with Crippen LogP contribution in [0.5, 0.6) is 5.75 Å². The average Bonchev–Trinajstić information content (AvgIpc) is 2.60. The minimum absolute atomic E-state index is 0.164. The van der Waals surface area contributed by atoms with E-state index in [1.54, 1.807) is 0 Å². The number of para-hydroxylation sites is 1. The van der Waals surface area contributed by atoms with Crippen LogP contribution in [0.1, 0.15) is 5.56 Å². The topological polar surface area (TPSA) is 111 Å².